The molecule has 0 aliphatic carbocycles. The number of hydrogen-bond donors (Lipinski definition) is 2. The van der Waals surface area contributed by atoms with E-state index < -0.39 is 11.4 Å². The van der Waals surface area contributed by atoms with Gasteiger partial charge in [0.25, 0.3) is 0 Å². The first kappa shape index (κ1) is 24.8. The van der Waals surface area contributed by atoms with E-state index in [0.29, 0.717) is 23.3 Å². The molecule has 6 nitrogen and oxygen atoms in total. The van der Waals surface area contributed by atoms with E-state index in [9.17, 15) is 4.79 Å². The summed E-state index contributed by atoms with van der Waals surface area (Å²) in [4.78, 5) is 16.9. The van der Waals surface area contributed by atoms with Crippen molar-refractivity contribution < 1.29 is 9.05 Å². The van der Waals surface area contributed by atoms with E-state index in [4.69, 9.17) is 49.8 Å². The second kappa shape index (κ2) is 13.1. The van der Waals surface area contributed by atoms with Crippen LogP contribution in [0.2, 0.25) is 10.0 Å². The summed E-state index contributed by atoms with van der Waals surface area (Å²) in [5.41, 5.74) is 2.49. The molecule has 1 aromatic heterocycles. The predicted octanol–water partition coefficient (Wildman–Crippen LogP) is 5.43. The van der Waals surface area contributed by atoms with Gasteiger partial charge in [-0.1, -0.05) is 34.6 Å². The van der Waals surface area contributed by atoms with Gasteiger partial charge in [0.05, 0.1) is 23.3 Å². The number of thioether (sulfide) groups is 1. The van der Waals surface area contributed by atoms with Crippen molar-refractivity contribution in [3.63, 3.8) is 0 Å². The van der Waals surface area contributed by atoms with E-state index in [1.807, 2.05) is 19.9 Å². The normalized spacial score (nSPS) is 11.0. The molecular weight excluding hydrogens is 468 g/mol. The Balaban J connectivity index is 0.000000377. The van der Waals surface area contributed by atoms with Gasteiger partial charge in [-0.05, 0) is 49.9 Å². The Morgan fingerprint density at radius 3 is 2.44 bits per heavy atom. The molecule has 0 saturated carbocycles. The number of halogens is 2. The highest BCUT2D eigenvalue weighted by molar-refractivity contribution is 8.69. The van der Waals surface area contributed by atoms with Gasteiger partial charge in [0.1, 0.15) is 5.82 Å². The maximum atomic E-state index is 10.2. The zero-order chi connectivity index (χ0) is 20.3. The van der Waals surface area contributed by atoms with Crippen molar-refractivity contribution in [1.29, 1.82) is 0 Å². The summed E-state index contributed by atoms with van der Waals surface area (Å²) < 4.78 is 11.1. The average Bonchev–Trinajstić information content (AvgIpc) is 2.59. The molecule has 0 saturated heterocycles. The molecule has 0 unspecified atom stereocenters. The lowest BCUT2D eigenvalue weighted by Gasteiger charge is -2.19. The lowest BCUT2D eigenvalue weighted by atomic mass is 10.4. The number of rotatable bonds is 8. The molecule has 3 N–H and O–H groups in total. The highest BCUT2D eigenvalue weighted by Crippen LogP contribution is 2.62. The third-order valence-corrected chi connectivity index (χ3v) is 10.4. The Kier molecular flexibility index (Phi) is 12.0. The highest BCUT2D eigenvalue weighted by atomic mass is 35.5. The Morgan fingerprint density at radius 1 is 1.26 bits per heavy atom. The average molecular weight is 488 g/mol. The molecule has 0 aliphatic heterocycles. The van der Waals surface area contributed by atoms with Crippen LogP contribution in [0.15, 0.2) is 40.2 Å². The fourth-order valence-electron chi connectivity index (χ4n) is 1.56. The Bertz CT molecular complexity index is 816. The number of hydrogen-bond acceptors (Lipinski definition) is 8. The Morgan fingerprint density at radius 2 is 1.93 bits per heavy atom. The highest BCUT2D eigenvalue weighted by Gasteiger charge is 2.19. The number of benzene rings is 1. The van der Waals surface area contributed by atoms with Crippen LogP contribution >= 0.6 is 52.0 Å². The minimum Gasteiger partial charge on any atom is -0.383 e. The van der Waals surface area contributed by atoms with Gasteiger partial charge in [0, 0.05) is 16.1 Å². The molecular formula is C15H20Cl2N3O3PS3. The summed E-state index contributed by atoms with van der Waals surface area (Å²) in [7, 11) is 0. The van der Waals surface area contributed by atoms with Crippen LogP contribution in [0.5, 0.6) is 0 Å². The topological polar surface area (TPSA) is 90.2 Å². The maximum Gasteiger partial charge on any atom is 0.346 e. The first-order valence-corrected chi connectivity index (χ1v) is 13.7. The van der Waals surface area contributed by atoms with Crippen molar-refractivity contribution >= 4 is 69.7 Å². The lowest BCUT2D eigenvalue weighted by Crippen LogP contribution is -2.10. The van der Waals surface area contributed by atoms with Crippen LogP contribution in [-0.4, -0.2) is 28.3 Å². The first-order valence-electron chi connectivity index (χ1n) is 7.72. The van der Waals surface area contributed by atoms with Crippen molar-refractivity contribution in [2.24, 2.45) is 0 Å². The van der Waals surface area contributed by atoms with E-state index in [0.717, 1.165) is 9.98 Å². The van der Waals surface area contributed by atoms with Gasteiger partial charge in [-0.25, -0.2) is 4.79 Å². The molecule has 0 radical (unpaired) electrons. The molecule has 0 fully saturated rings. The predicted molar refractivity (Wildman–Crippen MR) is 122 cm³/mol. The second-order valence-electron chi connectivity index (χ2n) is 4.57. The molecule has 1 heterocycles. The van der Waals surface area contributed by atoms with Gasteiger partial charge in [0.15, 0.2) is 0 Å². The zero-order valence-electron chi connectivity index (χ0n) is 14.7. The van der Waals surface area contributed by atoms with E-state index in [-0.39, 0.29) is 5.82 Å². The molecule has 0 bridgehead atoms. The van der Waals surface area contributed by atoms with Crippen LogP contribution in [0, 0.1) is 0 Å². The van der Waals surface area contributed by atoms with Gasteiger partial charge >= 0.3 is 5.69 Å². The number of nitrogens with zero attached hydrogens (tertiary/aromatic N) is 1. The van der Waals surface area contributed by atoms with E-state index >= 15 is 0 Å². The number of nitrogens with one attached hydrogen (secondary N) is 1. The SMILES string of the molecule is CCOP(=S)(OCC)SCSc1cc(Cl)ccc1Cl.Nc1cc[nH]c(=O)n1. The van der Waals surface area contributed by atoms with Crippen LogP contribution in [0.1, 0.15) is 13.8 Å². The maximum absolute atomic E-state index is 10.2. The molecule has 27 heavy (non-hydrogen) atoms. The van der Waals surface area contributed by atoms with Crippen LogP contribution < -0.4 is 11.4 Å². The van der Waals surface area contributed by atoms with Crippen LogP contribution in [0.3, 0.4) is 0 Å². The summed E-state index contributed by atoms with van der Waals surface area (Å²) in [6.45, 7) is 4.96. The third kappa shape index (κ3) is 10.2. The van der Waals surface area contributed by atoms with Crippen molar-refractivity contribution in [1.82, 2.24) is 9.97 Å². The van der Waals surface area contributed by atoms with Gasteiger partial charge in [-0.2, -0.15) is 4.98 Å². The smallest absolute Gasteiger partial charge is 0.346 e. The van der Waals surface area contributed by atoms with E-state index in [1.165, 1.54) is 23.6 Å². The molecule has 1 aromatic carbocycles. The van der Waals surface area contributed by atoms with Crippen LogP contribution in [-0.2, 0) is 20.9 Å². The molecule has 0 atom stereocenters. The standard InChI is InChI=1S/C11H15Cl2O2PS3.C4H5N3O/c1-3-14-16(17,15-4-2)19-8-18-11-7-9(12)5-6-10(11)13;5-3-1-2-6-4(8)7-3/h5-7H,3-4,8H2,1-2H3;1-2H,(H3,5,6,7,8). The number of H-pyrrole nitrogens is 1. The number of nitrogen functional groups attached to an aromatic ring is 1. The van der Waals surface area contributed by atoms with Crippen molar-refractivity contribution in [3.8, 4) is 0 Å². The monoisotopic (exact) mass is 487 g/mol. The number of anilines is 1. The van der Waals surface area contributed by atoms with Gasteiger partial charge in [0.2, 0.25) is 5.69 Å². The van der Waals surface area contributed by atoms with E-state index in [1.54, 1.807) is 23.9 Å². The molecule has 0 spiro atoms. The van der Waals surface area contributed by atoms with Crippen molar-refractivity contribution in [3.05, 3.63) is 51.0 Å². The van der Waals surface area contributed by atoms with Gasteiger partial charge < -0.3 is 19.8 Å². The number of aromatic amines is 1. The number of nitrogens with two attached hydrogens (primary N) is 1. The summed E-state index contributed by atoms with van der Waals surface area (Å²) in [6.07, 6.45) is 1.45. The third-order valence-electron chi connectivity index (χ3n) is 2.58. The summed E-state index contributed by atoms with van der Waals surface area (Å²) in [5, 5.41) is 2.08. The van der Waals surface area contributed by atoms with Crippen LogP contribution in [0.4, 0.5) is 5.82 Å². The van der Waals surface area contributed by atoms with Crippen molar-refractivity contribution in [2.45, 2.75) is 18.7 Å². The Hall–Kier alpha value is -0.250. The molecule has 150 valence electrons. The quantitative estimate of drug-likeness (QED) is 0.289. The zero-order valence-corrected chi connectivity index (χ0v) is 19.5. The summed E-state index contributed by atoms with van der Waals surface area (Å²) >= 11 is 20.6. The lowest BCUT2D eigenvalue weighted by molar-refractivity contribution is 0.280. The first-order chi connectivity index (χ1) is 12.8. The fraction of sp³-hybridized carbons (Fsp3) is 0.333. The van der Waals surface area contributed by atoms with E-state index in [2.05, 4.69) is 9.97 Å². The molecule has 0 amide bonds. The van der Waals surface area contributed by atoms with Crippen molar-refractivity contribution in [2.75, 3.05) is 24.0 Å². The Labute approximate surface area is 181 Å². The summed E-state index contributed by atoms with van der Waals surface area (Å²) in [6, 6.07) is 6.92. The van der Waals surface area contributed by atoms with Gasteiger partial charge in [-0.15, -0.1) is 11.8 Å². The fourth-order valence-corrected chi connectivity index (χ4v) is 9.09. The molecule has 2 rings (SSSR count). The largest absolute Gasteiger partial charge is 0.383 e. The van der Waals surface area contributed by atoms with Crippen LogP contribution in [0.25, 0.3) is 0 Å². The molecule has 2 aromatic rings. The summed E-state index contributed by atoms with van der Waals surface area (Å²) in [5.74, 6) is 0.244. The second-order valence-corrected chi connectivity index (χ2v) is 13.1. The molecule has 0 aliphatic rings. The minimum atomic E-state index is -2.23. The minimum absolute atomic E-state index is 0.244. The van der Waals surface area contributed by atoms with Gasteiger partial charge in [-0.3, -0.25) is 0 Å². The molecule has 12 heteroatoms. The number of aromatic nitrogens is 2.